The molecule has 1 saturated heterocycles. The Labute approximate surface area is 267 Å². The van der Waals surface area contributed by atoms with Gasteiger partial charge in [0.1, 0.15) is 5.75 Å². The zero-order valence-electron chi connectivity index (χ0n) is 24.9. The van der Waals surface area contributed by atoms with Gasteiger partial charge in [-0.25, -0.2) is 0 Å². The van der Waals surface area contributed by atoms with Gasteiger partial charge in [-0.3, -0.25) is 9.00 Å². The van der Waals surface area contributed by atoms with E-state index >= 15 is 0 Å². The number of rotatable bonds is 10. The minimum atomic E-state index is -0.992. The van der Waals surface area contributed by atoms with E-state index < -0.39 is 10.8 Å². The number of carbonyl (C=O) groups excluding carboxylic acids is 1. The zero-order chi connectivity index (χ0) is 30.5. The molecular formula is C35H38Cl2N2O3S. The number of likely N-dealkylation sites (N-methyl/N-ethyl adjacent to an activating group) is 1. The number of benzene rings is 4. The highest BCUT2D eigenvalue weighted by Gasteiger charge is 2.26. The van der Waals surface area contributed by atoms with Gasteiger partial charge in [0.15, 0.2) is 0 Å². The fourth-order valence-corrected chi connectivity index (χ4v) is 7.36. The van der Waals surface area contributed by atoms with E-state index in [9.17, 15) is 9.00 Å². The molecule has 4 aromatic rings. The predicted octanol–water partition coefficient (Wildman–Crippen LogP) is 8.02. The molecule has 5 nitrogen and oxygen atoms in total. The van der Waals surface area contributed by atoms with Crippen molar-refractivity contribution in [3.05, 3.63) is 106 Å². The summed E-state index contributed by atoms with van der Waals surface area (Å²) in [6, 6.07) is 25.6. The van der Waals surface area contributed by atoms with Crippen LogP contribution in [0.15, 0.2) is 83.8 Å². The number of piperidine rings is 1. The van der Waals surface area contributed by atoms with Crippen LogP contribution in [0.5, 0.6) is 5.75 Å². The Morgan fingerprint density at radius 1 is 1.00 bits per heavy atom. The predicted molar refractivity (Wildman–Crippen MR) is 178 cm³/mol. The average molecular weight is 638 g/mol. The lowest BCUT2D eigenvalue weighted by molar-refractivity contribution is 0.0783. The molecule has 1 fully saturated rings. The summed E-state index contributed by atoms with van der Waals surface area (Å²) in [4.78, 5) is 19.1. The van der Waals surface area contributed by atoms with Gasteiger partial charge in [0.05, 0.1) is 33.5 Å². The van der Waals surface area contributed by atoms with E-state index in [0.717, 1.165) is 60.1 Å². The van der Waals surface area contributed by atoms with Gasteiger partial charge in [-0.15, -0.1) is 0 Å². The Morgan fingerprint density at radius 3 is 2.44 bits per heavy atom. The van der Waals surface area contributed by atoms with Crippen LogP contribution >= 0.6 is 23.2 Å². The molecular weight excluding hydrogens is 599 g/mol. The third kappa shape index (κ3) is 7.43. The molecule has 1 amide bonds. The van der Waals surface area contributed by atoms with Gasteiger partial charge < -0.3 is 14.5 Å². The molecule has 1 aliphatic rings. The van der Waals surface area contributed by atoms with Crippen molar-refractivity contribution in [2.75, 3.05) is 46.6 Å². The van der Waals surface area contributed by atoms with Crippen LogP contribution in [0.4, 0.5) is 0 Å². The van der Waals surface area contributed by atoms with E-state index in [1.165, 1.54) is 5.56 Å². The largest absolute Gasteiger partial charge is 0.497 e. The van der Waals surface area contributed by atoms with Crippen molar-refractivity contribution in [3.8, 4) is 5.75 Å². The van der Waals surface area contributed by atoms with Crippen molar-refractivity contribution in [3.63, 3.8) is 0 Å². The van der Waals surface area contributed by atoms with Crippen LogP contribution in [0.1, 0.15) is 52.6 Å². The number of halogens is 2. The molecule has 0 bridgehead atoms. The number of hydrogen-bond acceptors (Lipinski definition) is 4. The zero-order valence-corrected chi connectivity index (χ0v) is 27.2. The lowest BCUT2D eigenvalue weighted by Crippen LogP contribution is -2.36. The Balaban J connectivity index is 1.30. The van der Waals surface area contributed by atoms with Crippen LogP contribution in [0.2, 0.25) is 10.0 Å². The molecule has 43 heavy (non-hydrogen) atoms. The van der Waals surface area contributed by atoms with Crippen LogP contribution in [-0.2, 0) is 10.8 Å². The van der Waals surface area contributed by atoms with E-state index in [1.807, 2.05) is 84.7 Å². The number of carbonyl (C=O) groups is 1. The number of fused-ring (bicyclic) bond motifs is 1. The highest BCUT2D eigenvalue weighted by atomic mass is 35.5. The van der Waals surface area contributed by atoms with E-state index in [-0.39, 0.29) is 11.8 Å². The van der Waals surface area contributed by atoms with Crippen LogP contribution in [0.3, 0.4) is 0 Å². The second kappa shape index (κ2) is 14.3. The summed E-state index contributed by atoms with van der Waals surface area (Å²) in [7, 11) is 2.49. The SMILES string of the molecule is COc1cc(C(=O)N(C)C[C@@H](CCN2CCC(c3ccccc3S(C)=O)CC2)c2ccc(Cl)c(Cl)c2)c2ccccc2c1. The first-order chi connectivity index (χ1) is 20.7. The van der Waals surface area contributed by atoms with Crippen molar-refractivity contribution >= 4 is 50.7 Å². The number of nitrogens with zero attached hydrogens (tertiary/aromatic N) is 2. The van der Waals surface area contributed by atoms with Crippen molar-refractivity contribution in [2.24, 2.45) is 0 Å². The Bertz CT molecular complexity index is 1620. The molecule has 0 aromatic heterocycles. The molecule has 2 atom stereocenters. The van der Waals surface area contributed by atoms with Crippen LogP contribution in [0, 0.1) is 0 Å². The highest BCUT2D eigenvalue weighted by molar-refractivity contribution is 7.84. The Morgan fingerprint density at radius 2 is 1.72 bits per heavy atom. The van der Waals surface area contributed by atoms with Crippen molar-refractivity contribution in [2.45, 2.75) is 36.0 Å². The normalized spacial score (nSPS) is 15.7. The standard InChI is InChI=1S/C35H38Cl2N2O3S/c1-38(35(40)31-22-28(42-2)20-26-8-4-5-9-29(26)31)23-27(25-12-13-32(36)33(37)21-25)16-19-39-17-14-24(15-18-39)30-10-6-7-11-34(30)43(3)41/h4-13,20-22,24,27H,14-19,23H2,1-3H3/t27-,43?/m1/s1. The molecule has 1 aliphatic heterocycles. The summed E-state index contributed by atoms with van der Waals surface area (Å²) in [5.41, 5.74) is 2.92. The van der Waals surface area contributed by atoms with Gasteiger partial charge in [0.25, 0.3) is 5.91 Å². The van der Waals surface area contributed by atoms with Crippen LogP contribution in [-0.4, -0.2) is 66.5 Å². The highest BCUT2D eigenvalue weighted by Crippen LogP contribution is 2.34. The average Bonchev–Trinajstić information content (AvgIpc) is 3.03. The summed E-state index contributed by atoms with van der Waals surface area (Å²) in [5.74, 6) is 1.10. The molecule has 4 aromatic carbocycles. The van der Waals surface area contributed by atoms with Gasteiger partial charge in [0.2, 0.25) is 0 Å². The summed E-state index contributed by atoms with van der Waals surface area (Å²) < 4.78 is 17.8. The van der Waals surface area contributed by atoms with Crippen molar-refractivity contribution in [1.29, 1.82) is 0 Å². The number of amides is 1. The van der Waals surface area contributed by atoms with Gasteiger partial charge in [0, 0.05) is 30.7 Å². The summed E-state index contributed by atoms with van der Waals surface area (Å²) in [6.07, 6.45) is 4.70. The second-order valence-electron chi connectivity index (χ2n) is 11.3. The number of methoxy groups -OCH3 is 1. The maximum atomic E-state index is 13.9. The molecule has 0 saturated carbocycles. The summed E-state index contributed by atoms with van der Waals surface area (Å²) >= 11 is 12.7. The molecule has 0 spiro atoms. The van der Waals surface area contributed by atoms with Crippen LogP contribution in [0.25, 0.3) is 10.8 Å². The number of ether oxygens (including phenoxy) is 1. The molecule has 0 N–H and O–H groups in total. The maximum Gasteiger partial charge on any atom is 0.254 e. The minimum Gasteiger partial charge on any atom is -0.497 e. The van der Waals surface area contributed by atoms with Gasteiger partial charge in [-0.05, 0) is 97.0 Å². The molecule has 8 heteroatoms. The first kappa shape index (κ1) is 31.5. The minimum absolute atomic E-state index is 0.0482. The molecule has 226 valence electrons. The molecule has 0 radical (unpaired) electrons. The first-order valence-corrected chi connectivity index (χ1v) is 17.0. The summed E-state index contributed by atoms with van der Waals surface area (Å²) in [6.45, 7) is 3.40. The Kier molecular flexibility index (Phi) is 10.5. The Hall–Kier alpha value is -2.90. The molecule has 0 aliphatic carbocycles. The lowest BCUT2D eigenvalue weighted by atomic mass is 9.88. The summed E-state index contributed by atoms with van der Waals surface area (Å²) in [5, 5.41) is 2.91. The molecule has 1 heterocycles. The van der Waals surface area contributed by atoms with E-state index in [0.29, 0.717) is 33.8 Å². The van der Waals surface area contributed by atoms with Crippen LogP contribution < -0.4 is 4.74 Å². The third-order valence-corrected chi connectivity index (χ3v) is 10.3. The van der Waals surface area contributed by atoms with Crippen molar-refractivity contribution in [1.82, 2.24) is 9.80 Å². The van der Waals surface area contributed by atoms with E-state index in [2.05, 4.69) is 11.0 Å². The monoisotopic (exact) mass is 636 g/mol. The first-order valence-electron chi connectivity index (χ1n) is 14.7. The smallest absolute Gasteiger partial charge is 0.254 e. The van der Waals surface area contributed by atoms with Gasteiger partial charge in [-0.2, -0.15) is 0 Å². The molecule has 5 rings (SSSR count). The van der Waals surface area contributed by atoms with Gasteiger partial charge >= 0.3 is 0 Å². The van der Waals surface area contributed by atoms with E-state index in [1.54, 1.807) is 13.4 Å². The van der Waals surface area contributed by atoms with Gasteiger partial charge in [-0.1, -0.05) is 71.7 Å². The topological polar surface area (TPSA) is 49.9 Å². The quantitative estimate of drug-likeness (QED) is 0.177. The second-order valence-corrected chi connectivity index (χ2v) is 13.5. The van der Waals surface area contributed by atoms with E-state index in [4.69, 9.17) is 27.9 Å². The molecule has 1 unspecified atom stereocenters. The fourth-order valence-electron chi connectivity index (χ4n) is 6.21. The maximum absolute atomic E-state index is 13.9. The fraction of sp³-hybridized carbons (Fsp3) is 0.343. The van der Waals surface area contributed by atoms with Crippen molar-refractivity contribution < 1.29 is 13.7 Å². The lowest BCUT2D eigenvalue weighted by Gasteiger charge is -2.34. The number of likely N-dealkylation sites (tertiary alicyclic amines) is 1. The third-order valence-electron chi connectivity index (χ3n) is 8.61. The number of hydrogen-bond donors (Lipinski definition) is 0.